The summed E-state index contributed by atoms with van der Waals surface area (Å²) in [6.07, 6.45) is -0.567. The van der Waals surface area contributed by atoms with Crippen molar-refractivity contribution in [2.75, 3.05) is 13.2 Å². The molecule has 1 aromatic rings. The van der Waals surface area contributed by atoms with Gasteiger partial charge in [0.05, 0.1) is 19.1 Å². The number of hydrogen-bond acceptors (Lipinski definition) is 4. The molecule has 1 aliphatic rings. The lowest BCUT2D eigenvalue weighted by Crippen LogP contribution is -2.41. The topological polar surface area (TPSA) is 87.1 Å². The van der Waals surface area contributed by atoms with Crippen molar-refractivity contribution in [3.8, 4) is 5.75 Å². The van der Waals surface area contributed by atoms with Crippen LogP contribution >= 0.6 is 0 Å². The number of benzene rings is 1. The zero-order chi connectivity index (χ0) is 15.4. The second kappa shape index (κ2) is 6.58. The first-order valence-corrected chi connectivity index (χ1v) is 6.93. The molecule has 1 fully saturated rings. The van der Waals surface area contributed by atoms with Crippen molar-refractivity contribution >= 4 is 11.9 Å². The van der Waals surface area contributed by atoms with Crippen LogP contribution in [0.1, 0.15) is 18.9 Å². The molecule has 0 aliphatic carbocycles. The van der Waals surface area contributed by atoms with Gasteiger partial charge < -0.3 is 19.8 Å². The van der Waals surface area contributed by atoms with E-state index in [2.05, 4.69) is 0 Å². The summed E-state index contributed by atoms with van der Waals surface area (Å²) in [6.45, 7) is 2.54. The third kappa shape index (κ3) is 3.72. The number of carbonyl (C=O) groups is 2. The highest BCUT2D eigenvalue weighted by atomic mass is 16.5. The van der Waals surface area contributed by atoms with Gasteiger partial charge in [-0.2, -0.15) is 0 Å². The summed E-state index contributed by atoms with van der Waals surface area (Å²) in [4.78, 5) is 24.6. The normalized spacial score (nSPS) is 21.3. The Morgan fingerprint density at radius 3 is 2.57 bits per heavy atom. The van der Waals surface area contributed by atoms with E-state index in [-0.39, 0.29) is 25.3 Å². The highest BCUT2D eigenvalue weighted by Gasteiger charge is 2.38. The fraction of sp³-hybridized carbons (Fsp3) is 0.467. The molecule has 0 bridgehead atoms. The number of aliphatic hydroxyl groups is 1. The molecule has 6 nitrogen and oxygen atoms in total. The van der Waals surface area contributed by atoms with Gasteiger partial charge in [0.15, 0.2) is 0 Å². The number of nitrogens with zero attached hydrogens (tertiary/aromatic N) is 1. The number of likely N-dealkylation sites (tertiary alicyclic amines) is 1. The summed E-state index contributed by atoms with van der Waals surface area (Å²) < 4.78 is 5.32. The fourth-order valence-corrected chi connectivity index (χ4v) is 2.47. The van der Waals surface area contributed by atoms with E-state index in [1.807, 2.05) is 6.92 Å². The summed E-state index contributed by atoms with van der Waals surface area (Å²) in [6, 6.07) is 6.19. The zero-order valence-corrected chi connectivity index (χ0v) is 11.9. The molecule has 0 radical (unpaired) electrons. The monoisotopic (exact) mass is 293 g/mol. The molecule has 1 aromatic carbocycles. The van der Waals surface area contributed by atoms with Crippen LogP contribution in [0.5, 0.6) is 5.75 Å². The highest BCUT2D eigenvalue weighted by Crippen LogP contribution is 2.20. The fourth-order valence-electron chi connectivity index (χ4n) is 2.47. The molecule has 2 atom stereocenters. The molecule has 2 N–H and O–H groups in total. The minimum absolute atomic E-state index is 0.0762. The van der Waals surface area contributed by atoms with Crippen molar-refractivity contribution in [2.24, 2.45) is 0 Å². The predicted molar refractivity (Wildman–Crippen MR) is 75.1 cm³/mol. The second-order valence-electron chi connectivity index (χ2n) is 5.04. The number of hydrogen-bond donors (Lipinski definition) is 2. The van der Waals surface area contributed by atoms with Crippen LogP contribution in [0.15, 0.2) is 24.3 Å². The Balaban J connectivity index is 2.01. The van der Waals surface area contributed by atoms with Gasteiger partial charge in [-0.15, -0.1) is 0 Å². The Morgan fingerprint density at radius 2 is 2.00 bits per heavy atom. The number of carboxylic acid groups (broad SMARTS) is 1. The maximum Gasteiger partial charge on any atom is 0.326 e. The molecule has 114 valence electrons. The van der Waals surface area contributed by atoms with E-state index in [0.717, 1.165) is 11.3 Å². The zero-order valence-electron chi connectivity index (χ0n) is 11.9. The van der Waals surface area contributed by atoms with Gasteiger partial charge in [0.25, 0.3) is 0 Å². The molecular formula is C15H19NO5. The van der Waals surface area contributed by atoms with Crippen molar-refractivity contribution < 1.29 is 24.5 Å². The van der Waals surface area contributed by atoms with Gasteiger partial charge in [-0.05, 0) is 24.6 Å². The van der Waals surface area contributed by atoms with Crippen LogP contribution in [-0.2, 0) is 16.0 Å². The second-order valence-corrected chi connectivity index (χ2v) is 5.04. The van der Waals surface area contributed by atoms with E-state index in [4.69, 9.17) is 9.84 Å². The van der Waals surface area contributed by atoms with Crippen molar-refractivity contribution in [2.45, 2.75) is 31.9 Å². The Bertz CT molecular complexity index is 513. The van der Waals surface area contributed by atoms with Crippen molar-refractivity contribution in [1.82, 2.24) is 4.90 Å². The molecule has 1 aliphatic heterocycles. The van der Waals surface area contributed by atoms with E-state index >= 15 is 0 Å². The number of amides is 1. The van der Waals surface area contributed by atoms with Gasteiger partial charge in [0.1, 0.15) is 11.8 Å². The Kier molecular flexibility index (Phi) is 4.80. The predicted octanol–water partition coefficient (Wildman–Crippen LogP) is 0.674. The van der Waals surface area contributed by atoms with Crippen LogP contribution in [-0.4, -0.2) is 52.3 Å². The van der Waals surface area contributed by atoms with Crippen LogP contribution in [0, 0.1) is 0 Å². The molecule has 6 heteroatoms. The molecule has 0 saturated carbocycles. The molecule has 1 amide bonds. The molecule has 0 unspecified atom stereocenters. The molecule has 21 heavy (non-hydrogen) atoms. The summed E-state index contributed by atoms with van der Waals surface area (Å²) >= 11 is 0. The Labute approximate surface area is 122 Å². The SMILES string of the molecule is CCOc1ccc(CC(=O)N2C[C@@H](O)C[C@H]2C(=O)O)cc1. The minimum Gasteiger partial charge on any atom is -0.494 e. The quantitative estimate of drug-likeness (QED) is 0.833. The average molecular weight is 293 g/mol. The summed E-state index contributed by atoms with van der Waals surface area (Å²) in [7, 11) is 0. The number of aliphatic hydroxyl groups excluding tert-OH is 1. The smallest absolute Gasteiger partial charge is 0.326 e. The minimum atomic E-state index is -1.08. The largest absolute Gasteiger partial charge is 0.494 e. The third-order valence-corrected chi connectivity index (χ3v) is 3.47. The standard InChI is InChI=1S/C15H19NO5/c1-2-21-12-5-3-10(4-6-12)7-14(18)16-9-11(17)8-13(16)15(19)20/h3-6,11,13,17H,2,7-9H2,1H3,(H,19,20)/t11-,13-/m0/s1. The van der Waals surface area contributed by atoms with Crippen LogP contribution in [0.2, 0.25) is 0 Å². The first-order valence-electron chi connectivity index (χ1n) is 6.93. The van der Waals surface area contributed by atoms with Crippen molar-refractivity contribution in [1.29, 1.82) is 0 Å². The molecule has 0 spiro atoms. The first kappa shape index (κ1) is 15.3. The van der Waals surface area contributed by atoms with E-state index in [1.165, 1.54) is 4.90 Å². The van der Waals surface area contributed by atoms with E-state index in [9.17, 15) is 14.7 Å². The van der Waals surface area contributed by atoms with Crippen LogP contribution < -0.4 is 4.74 Å². The maximum atomic E-state index is 12.2. The molecule has 2 rings (SSSR count). The Hall–Kier alpha value is -2.08. The molecular weight excluding hydrogens is 274 g/mol. The van der Waals surface area contributed by atoms with E-state index in [1.54, 1.807) is 24.3 Å². The Morgan fingerprint density at radius 1 is 1.33 bits per heavy atom. The maximum absolute atomic E-state index is 12.2. The van der Waals surface area contributed by atoms with Gasteiger partial charge in [-0.3, -0.25) is 4.79 Å². The number of carboxylic acids is 1. The van der Waals surface area contributed by atoms with Crippen molar-refractivity contribution in [3.63, 3.8) is 0 Å². The lowest BCUT2D eigenvalue weighted by Gasteiger charge is -2.21. The average Bonchev–Trinajstić information content (AvgIpc) is 2.84. The van der Waals surface area contributed by atoms with Crippen LogP contribution in [0.25, 0.3) is 0 Å². The number of β-amino-alcohol motifs (C(OH)–C–C–N with tert-alkyl or cyclic N) is 1. The van der Waals surface area contributed by atoms with Gasteiger partial charge >= 0.3 is 5.97 Å². The molecule has 1 saturated heterocycles. The van der Waals surface area contributed by atoms with Crippen LogP contribution in [0.3, 0.4) is 0 Å². The van der Waals surface area contributed by atoms with Gasteiger partial charge in [-0.25, -0.2) is 4.79 Å². The lowest BCUT2D eigenvalue weighted by molar-refractivity contribution is -0.148. The van der Waals surface area contributed by atoms with Gasteiger partial charge in [0.2, 0.25) is 5.91 Å². The van der Waals surface area contributed by atoms with Crippen molar-refractivity contribution in [3.05, 3.63) is 29.8 Å². The van der Waals surface area contributed by atoms with Gasteiger partial charge in [-0.1, -0.05) is 12.1 Å². The number of carbonyl (C=O) groups excluding carboxylic acids is 1. The number of rotatable bonds is 5. The first-order chi connectivity index (χ1) is 10.0. The summed E-state index contributed by atoms with van der Waals surface area (Å²) in [5, 5.41) is 18.6. The van der Waals surface area contributed by atoms with Crippen LogP contribution in [0.4, 0.5) is 0 Å². The number of ether oxygens (including phenoxy) is 1. The number of aliphatic carboxylic acids is 1. The van der Waals surface area contributed by atoms with E-state index in [0.29, 0.717) is 6.61 Å². The summed E-state index contributed by atoms with van der Waals surface area (Å²) in [5.41, 5.74) is 0.786. The van der Waals surface area contributed by atoms with Gasteiger partial charge in [0, 0.05) is 13.0 Å². The molecule has 1 heterocycles. The van der Waals surface area contributed by atoms with E-state index < -0.39 is 18.1 Å². The molecule has 0 aromatic heterocycles. The summed E-state index contributed by atoms with van der Waals surface area (Å²) in [5.74, 6) is -0.636. The highest BCUT2D eigenvalue weighted by molar-refractivity contribution is 5.85. The lowest BCUT2D eigenvalue weighted by atomic mass is 10.1. The third-order valence-electron chi connectivity index (χ3n) is 3.47.